The Hall–Kier alpha value is -2.53. The topological polar surface area (TPSA) is 57.3 Å². The summed E-state index contributed by atoms with van der Waals surface area (Å²) < 4.78 is 7.58. The molecule has 5 nitrogen and oxygen atoms in total. The molecule has 0 spiro atoms. The molecule has 21 heavy (non-hydrogen) atoms. The Morgan fingerprint density at radius 1 is 1.19 bits per heavy atom. The number of hydrogen-bond acceptors (Lipinski definition) is 4. The molecule has 0 radical (unpaired) electrons. The zero-order valence-corrected chi connectivity index (χ0v) is 11.8. The molecule has 0 saturated carbocycles. The second kappa shape index (κ2) is 5.85. The van der Waals surface area contributed by atoms with E-state index in [1.807, 2.05) is 54.1 Å². The molecule has 0 unspecified atom stereocenters. The van der Waals surface area contributed by atoms with E-state index < -0.39 is 0 Å². The van der Waals surface area contributed by atoms with E-state index in [1.165, 1.54) is 0 Å². The number of hydrogen-bond donors (Lipinski definition) is 0. The predicted octanol–water partition coefficient (Wildman–Crippen LogP) is 3.34. The molecule has 3 rings (SSSR count). The maximum Gasteiger partial charge on any atom is 0.185 e. The average molecular weight is 282 g/mol. The molecule has 0 aliphatic rings. The number of furan rings is 1. The SMILES string of the molecule is Cc1nccn1Cc1ccc(N([O-])Cc2ccccc2)o1. The van der Waals surface area contributed by atoms with Crippen LogP contribution in [0.5, 0.6) is 0 Å². The van der Waals surface area contributed by atoms with Gasteiger partial charge in [0, 0.05) is 25.0 Å². The Morgan fingerprint density at radius 3 is 2.71 bits per heavy atom. The first-order valence-electron chi connectivity index (χ1n) is 6.77. The molecular weight excluding hydrogens is 266 g/mol. The van der Waals surface area contributed by atoms with Crippen LogP contribution in [-0.2, 0) is 13.1 Å². The monoisotopic (exact) mass is 282 g/mol. The maximum atomic E-state index is 12.1. The van der Waals surface area contributed by atoms with E-state index in [1.54, 1.807) is 12.3 Å². The van der Waals surface area contributed by atoms with Crippen molar-refractivity contribution in [2.24, 2.45) is 0 Å². The second-order valence-corrected chi connectivity index (χ2v) is 4.86. The minimum absolute atomic E-state index is 0.276. The quantitative estimate of drug-likeness (QED) is 0.673. The Kier molecular flexibility index (Phi) is 3.75. The van der Waals surface area contributed by atoms with Gasteiger partial charge >= 0.3 is 0 Å². The van der Waals surface area contributed by atoms with Crippen LogP contribution in [-0.4, -0.2) is 9.55 Å². The highest BCUT2D eigenvalue weighted by Gasteiger charge is 2.06. The summed E-state index contributed by atoms with van der Waals surface area (Å²) in [5.41, 5.74) is 0.955. The van der Waals surface area contributed by atoms with E-state index in [0.717, 1.165) is 22.2 Å². The number of imidazole rings is 1. The number of hydroxylamine groups is 1. The van der Waals surface area contributed by atoms with Crippen LogP contribution in [0.25, 0.3) is 0 Å². The summed E-state index contributed by atoms with van der Waals surface area (Å²) in [6, 6.07) is 13.1. The van der Waals surface area contributed by atoms with Crippen molar-refractivity contribution >= 4 is 5.88 Å². The van der Waals surface area contributed by atoms with Crippen molar-refractivity contribution in [1.82, 2.24) is 9.55 Å². The lowest BCUT2D eigenvalue weighted by molar-refractivity contribution is 0.489. The fraction of sp³-hybridized carbons (Fsp3) is 0.188. The molecule has 0 aliphatic heterocycles. The van der Waals surface area contributed by atoms with Crippen LogP contribution in [0.1, 0.15) is 17.1 Å². The van der Waals surface area contributed by atoms with Gasteiger partial charge in [-0.15, -0.1) is 0 Å². The van der Waals surface area contributed by atoms with E-state index in [9.17, 15) is 5.21 Å². The summed E-state index contributed by atoms with van der Waals surface area (Å²) in [5.74, 6) is 1.97. The van der Waals surface area contributed by atoms with Gasteiger partial charge in [-0.1, -0.05) is 30.3 Å². The Labute approximate surface area is 123 Å². The Morgan fingerprint density at radius 2 is 2.00 bits per heavy atom. The van der Waals surface area contributed by atoms with Crippen molar-refractivity contribution in [3.05, 3.63) is 77.2 Å². The van der Waals surface area contributed by atoms with E-state index in [0.29, 0.717) is 12.4 Å². The summed E-state index contributed by atoms with van der Waals surface area (Å²) in [6.07, 6.45) is 3.63. The van der Waals surface area contributed by atoms with E-state index in [2.05, 4.69) is 4.98 Å². The zero-order valence-electron chi connectivity index (χ0n) is 11.8. The van der Waals surface area contributed by atoms with E-state index in [4.69, 9.17) is 4.42 Å². The lowest BCUT2D eigenvalue weighted by Gasteiger charge is -2.27. The highest BCUT2D eigenvalue weighted by Crippen LogP contribution is 2.20. The van der Waals surface area contributed by atoms with Crippen molar-refractivity contribution < 1.29 is 4.42 Å². The van der Waals surface area contributed by atoms with Crippen LogP contribution < -0.4 is 5.06 Å². The van der Waals surface area contributed by atoms with E-state index in [-0.39, 0.29) is 6.54 Å². The van der Waals surface area contributed by atoms with Crippen LogP contribution in [0.2, 0.25) is 0 Å². The molecular formula is C16H16N3O2-. The largest absolute Gasteiger partial charge is 0.756 e. The molecule has 0 amide bonds. The third-order valence-electron chi connectivity index (χ3n) is 3.31. The first-order valence-corrected chi connectivity index (χ1v) is 6.77. The lowest BCUT2D eigenvalue weighted by Crippen LogP contribution is -2.13. The summed E-state index contributed by atoms with van der Waals surface area (Å²) in [7, 11) is 0. The minimum Gasteiger partial charge on any atom is -0.756 e. The number of nitrogens with zero attached hydrogens (tertiary/aromatic N) is 3. The van der Waals surface area contributed by atoms with Gasteiger partial charge in [0.05, 0.1) is 6.54 Å². The van der Waals surface area contributed by atoms with Crippen LogP contribution in [0, 0.1) is 12.1 Å². The van der Waals surface area contributed by atoms with Gasteiger partial charge in [-0.3, -0.25) is 0 Å². The molecule has 2 aromatic heterocycles. The van der Waals surface area contributed by atoms with Gasteiger partial charge in [-0.2, -0.15) is 0 Å². The highest BCUT2D eigenvalue weighted by atomic mass is 16.5. The van der Waals surface area contributed by atoms with Crippen LogP contribution in [0.15, 0.2) is 59.3 Å². The van der Waals surface area contributed by atoms with Gasteiger partial charge < -0.3 is 19.3 Å². The first-order chi connectivity index (χ1) is 10.2. The molecule has 108 valence electrons. The molecule has 1 aromatic carbocycles. The summed E-state index contributed by atoms with van der Waals surface area (Å²) >= 11 is 0. The van der Waals surface area contributed by atoms with Crippen LogP contribution in [0.4, 0.5) is 5.88 Å². The molecule has 2 heterocycles. The van der Waals surface area contributed by atoms with Crippen molar-refractivity contribution in [3.63, 3.8) is 0 Å². The smallest absolute Gasteiger partial charge is 0.185 e. The van der Waals surface area contributed by atoms with Gasteiger partial charge in [0.25, 0.3) is 0 Å². The number of aromatic nitrogens is 2. The number of aryl methyl sites for hydroxylation is 1. The minimum atomic E-state index is 0.276. The van der Waals surface area contributed by atoms with Gasteiger partial charge in [0.2, 0.25) is 0 Å². The first kappa shape index (κ1) is 13.5. The Bertz CT molecular complexity index is 703. The molecule has 0 bridgehead atoms. The third-order valence-corrected chi connectivity index (χ3v) is 3.31. The van der Waals surface area contributed by atoms with Crippen molar-refractivity contribution in [2.45, 2.75) is 20.0 Å². The van der Waals surface area contributed by atoms with Crippen LogP contribution >= 0.6 is 0 Å². The van der Waals surface area contributed by atoms with Crippen LogP contribution in [0.3, 0.4) is 0 Å². The molecule has 3 aromatic rings. The molecule has 0 N–H and O–H groups in total. The van der Waals surface area contributed by atoms with Gasteiger partial charge in [0.1, 0.15) is 11.6 Å². The second-order valence-electron chi connectivity index (χ2n) is 4.86. The normalized spacial score (nSPS) is 10.8. The fourth-order valence-electron chi connectivity index (χ4n) is 2.15. The molecule has 0 fully saturated rings. The summed E-state index contributed by atoms with van der Waals surface area (Å²) in [4.78, 5) is 4.16. The zero-order chi connectivity index (χ0) is 14.7. The summed E-state index contributed by atoms with van der Waals surface area (Å²) in [5, 5.41) is 13.0. The van der Waals surface area contributed by atoms with E-state index >= 15 is 0 Å². The van der Waals surface area contributed by atoms with Crippen molar-refractivity contribution in [2.75, 3.05) is 5.06 Å². The molecule has 0 atom stereocenters. The van der Waals surface area contributed by atoms with Gasteiger partial charge in [-0.05, 0) is 18.6 Å². The average Bonchev–Trinajstić information content (AvgIpc) is 3.11. The number of benzene rings is 1. The fourth-order valence-corrected chi connectivity index (χ4v) is 2.15. The van der Waals surface area contributed by atoms with Crippen molar-refractivity contribution in [3.8, 4) is 0 Å². The number of anilines is 1. The lowest BCUT2D eigenvalue weighted by atomic mass is 10.2. The standard InChI is InChI=1S/C16H16N3O2/c1-13-17-9-10-18(13)12-15-7-8-16(21-15)19(20)11-14-5-3-2-4-6-14/h2-10H,11-12H2,1H3/q-1. The van der Waals surface area contributed by atoms with Gasteiger partial charge in [0.15, 0.2) is 5.88 Å². The Balaban J connectivity index is 1.68. The molecule has 0 saturated heterocycles. The van der Waals surface area contributed by atoms with Crippen molar-refractivity contribution in [1.29, 1.82) is 0 Å². The van der Waals surface area contributed by atoms with Gasteiger partial charge in [-0.25, -0.2) is 4.98 Å². The maximum absolute atomic E-state index is 12.1. The predicted molar refractivity (Wildman–Crippen MR) is 80.8 cm³/mol. The molecule has 5 heteroatoms. The summed E-state index contributed by atoms with van der Waals surface area (Å²) in [6.45, 7) is 2.78. The number of rotatable bonds is 5. The molecule has 0 aliphatic carbocycles. The third kappa shape index (κ3) is 3.14. The highest BCUT2D eigenvalue weighted by molar-refractivity contribution is 5.38.